The van der Waals surface area contributed by atoms with E-state index >= 15 is 0 Å². The maximum absolute atomic E-state index is 11.5. The molecule has 0 aromatic carbocycles. The van der Waals surface area contributed by atoms with Crippen LogP contribution in [0.15, 0.2) is 0 Å². The first-order valence-corrected chi connectivity index (χ1v) is 4.61. The zero-order valence-corrected chi connectivity index (χ0v) is 7.85. The molecule has 0 aromatic rings. The molecule has 0 saturated carbocycles. The van der Waals surface area contributed by atoms with Crippen LogP contribution in [-0.4, -0.2) is 25.7 Å². The molecule has 0 radical (unpaired) electrons. The summed E-state index contributed by atoms with van der Waals surface area (Å²) in [6.45, 7) is 6.06. The second-order valence-electron chi connectivity index (χ2n) is 3.38. The minimum atomic E-state index is -0.199. The monoisotopic (exact) mass is 171 g/mol. The molecule has 1 aliphatic rings. The molecule has 1 fully saturated rings. The summed E-state index contributed by atoms with van der Waals surface area (Å²) in [5.74, 6) is 0.165. The van der Waals surface area contributed by atoms with Crippen molar-refractivity contribution in [3.8, 4) is 0 Å². The predicted octanol–water partition coefficient (Wildman–Crippen LogP) is 0.939. The SMILES string of the molecule is CCCNC(=O)C1(CC)COC1. The first-order chi connectivity index (χ1) is 5.75. The van der Waals surface area contributed by atoms with Crippen molar-refractivity contribution < 1.29 is 9.53 Å². The average Bonchev–Trinajstić information content (AvgIpc) is 2.00. The Labute approximate surface area is 73.5 Å². The fraction of sp³-hybridized carbons (Fsp3) is 0.889. The van der Waals surface area contributed by atoms with Crippen LogP contribution >= 0.6 is 0 Å². The number of amides is 1. The number of ether oxygens (including phenoxy) is 1. The van der Waals surface area contributed by atoms with Crippen LogP contribution in [0.3, 0.4) is 0 Å². The van der Waals surface area contributed by atoms with E-state index in [2.05, 4.69) is 12.2 Å². The molecule has 0 unspecified atom stereocenters. The van der Waals surface area contributed by atoms with Gasteiger partial charge in [-0.15, -0.1) is 0 Å². The second kappa shape index (κ2) is 3.90. The zero-order valence-electron chi connectivity index (χ0n) is 7.85. The fourth-order valence-electron chi connectivity index (χ4n) is 1.27. The Morgan fingerprint density at radius 2 is 2.17 bits per heavy atom. The van der Waals surface area contributed by atoms with E-state index in [9.17, 15) is 4.79 Å². The minimum Gasteiger partial charge on any atom is -0.379 e. The molecule has 1 saturated heterocycles. The molecule has 0 aromatic heterocycles. The van der Waals surface area contributed by atoms with Crippen molar-refractivity contribution in [1.82, 2.24) is 5.32 Å². The molecule has 3 heteroatoms. The summed E-state index contributed by atoms with van der Waals surface area (Å²) in [4.78, 5) is 11.5. The Bertz CT molecular complexity index is 158. The highest BCUT2D eigenvalue weighted by Gasteiger charge is 2.43. The van der Waals surface area contributed by atoms with Crippen molar-refractivity contribution in [3.63, 3.8) is 0 Å². The van der Waals surface area contributed by atoms with Gasteiger partial charge in [0.05, 0.1) is 18.6 Å². The summed E-state index contributed by atoms with van der Waals surface area (Å²) < 4.78 is 5.07. The largest absolute Gasteiger partial charge is 0.379 e. The van der Waals surface area contributed by atoms with Gasteiger partial charge in [0.1, 0.15) is 0 Å². The standard InChI is InChI=1S/C9H17NO2/c1-3-5-10-8(11)9(4-2)6-12-7-9/h3-7H2,1-2H3,(H,10,11). The van der Waals surface area contributed by atoms with Crippen molar-refractivity contribution in [1.29, 1.82) is 0 Å². The lowest BCUT2D eigenvalue weighted by atomic mass is 9.82. The molecule has 1 aliphatic heterocycles. The first-order valence-electron chi connectivity index (χ1n) is 4.61. The smallest absolute Gasteiger partial charge is 0.230 e. The average molecular weight is 171 g/mol. The topological polar surface area (TPSA) is 38.3 Å². The van der Waals surface area contributed by atoms with Gasteiger partial charge in [-0.2, -0.15) is 0 Å². The van der Waals surface area contributed by atoms with E-state index in [4.69, 9.17) is 4.74 Å². The predicted molar refractivity (Wildman–Crippen MR) is 46.8 cm³/mol. The van der Waals surface area contributed by atoms with Gasteiger partial charge in [-0.1, -0.05) is 13.8 Å². The lowest BCUT2D eigenvalue weighted by Crippen LogP contribution is -2.53. The summed E-state index contributed by atoms with van der Waals surface area (Å²) in [6.07, 6.45) is 1.87. The summed E-state index contributed by atoms with van der Waals surface area (Å²) in [7, 11) is 0. The summed E-state index contributed by atoms with van der Waals surface area (Å²) in [5.41, 5.74) is -0.199. The number of nitrogens with one attached hydrogen (secondary N) is 1. The van der Waals surface area contributed by atoms with E-state index in [1.165, 1.54) is 0 Å². The molecule has 70 valence electrons. The quantitative estimate of drug-likeness (QED) is 0.683. The van der Waals surface area contributed by atoms with Crippen LogP contribution in [0.4, 0.5) is 0 Å². The molecular formula is C9H17NO2. The molecule has 0 spiro atoms. The van der Waals surface area contributed by atoms with Crippen molar-refractivity contribution >= 4 is 5.91 Å². The number of carbonyl (C=O) groups excluding carboxylic acids is 1. The second-order valence-corrected chi connectivity index (χ2v) is 3.38. The van der Waals surface area contributed by atoms with E-state index in [1.807, 2.05) is 6.92 Å². The molecule has 1 rings (SSSR count). The van der Waals surface area contributed by atoms with Gasteiger partial charge < -0.3 is 10.1 Å². The van der Waals surface area contributed by atoms with Gasteiger partial charge in [0.2, 0.25) is 5.91 Å². The van der Waals surface area contributed by atoms with Crippen molar-refractivity contribution in [2.24, 2.45) is 5.41 Å². The normalized spacial score (nSPS) is 19.8. The van der Waals surface area contributed by atoms with Crippen LogP contribution in [0, 0.1) is 5.41 Å². The highest BCUT2D eigenvalue weighted by molar-refractivity contribution is 5.83. The molecule has 0 aliphatic carbocycles. The number of hydrogen-bond acceptors (Lipinski definition) is 2. The summed E-state index contributed by atoms with van der Waals surface area (Å²) >= 11 is 0. The Balaban J connectivity index is 2.38. The van der Waals surface area contributed by atoms with Crippen molar-refractivity contribution in [2.75, 3.05) is 19.8 Å². The Hall–Kier alpha value is -0.570. The molecule has 1 amide bonds. The Morgan fingerprint density at radius 1 is 1.50 bits per heavy atom. The van der Waals surface area contributed by atoms with Crippen molar-refractivity contribution in [3.05, 3.63) is 0 Å². The van der Waals surface area contributed by atoms with Gasteiger partial charge in [0.15, 0.2) is 0 Å². The number of rotatable bonds is 4. The van der Waals surface area contributed by atoms with E-state index in [0.717, 1.165) is 19.4 Å². The minimum absolute atomic E-state index is 0.165. The molecule has 1 heterocycles. The third kappa shape index (κ3) is 1.61. The summed E-state index contributed by atoms with van der Waals surface area (Å²) in [5, 5.41) is 2.91. The van der Waals surface area contributed by atoms with Gasteiger partial charge >= 0.3 is 0 Å². The Morgan fingerprint density at radius 3 is 2.50 bits per heavy atom. The highest BCUT2D eigenvalue weighted by atomic mass is 16.5. The zero-order chi connectivity index (χ0) is 9.03. The van der Waals surface area contributed by atoms with E-state index in [1.54, 1.807) is 0 Å². The van der Waals surface area contributed by atoms with Crippen LogP contribution in [0.2, 0.25) is 0 Å². The van der Waals surface area contributed by atoms with Crippen LogP contribution in [0.25, 0.3) is 0 Å². The molecule has 12 heavy (non-hydrogen) atoms. The molecule has 0 atom stereocenters. The van der Waals surface area contributed by atoms with E-state index in [-0.39, 0.29) is 11.3 Å². The lowest BCUT2D eigenvalue weighted by molar-refractivity contribution is -0.162. The number of hydrogen-bond donors (Lipinski definition) is 1. The molecule has 0 bridgehead atoms. The molecular weight excluding hydrogens is 154 g/mol. The van der Waals surface area contributed by atoms with Gasteiger partial charge in [0, 0.05) is 6.54 Å². The third-order valence-electron chi connectivity index (χ3n) is 2.45. The maximum atomic E-state index is 11.5. The third-order valence-corrected chi connectivity index (χ3v) is 2.45. The van der Waals surface area contributed by atoms with Gasteiger partial charge in [0.25, 0.3) is 0 Å². The Kier molecular flexibility index (Phi) is 3.09. The van der Waals surface area contributed by atoms with Crippen LogP contribution in [0.1, 0.15) is 26.7 Å². The fourth-order valence-corrected chi connectivity index (χ4v) is 1.27. The summed E-state index contributed by atoms with van der Waals surface area (Å²) in [6, 6.07) is 0. The van der Waals surface area contributed by atoms with Gasteiger partial charge in [-0.3, -0.25) is 4.79 Å². The molecule has 1 N–H and O–H groups in total. The molecule has 3 nitrogen and oxygen atoms in total. The first kappa shape index (κ1) is 9.52. The maximum Gasteiger partial charge on any atom is 0.230 e. The van der Waals surface area contributed by atoms with Crippen LogP contribution in [0.5, 0.6) is 0 Å². The number of carbonyl (C=O) groups is 1. The van der Waals surface area contributed by atoms with Gasteiger partial charge in [-0.25, -0.2) is 0 Å². The van der Waals surface area contributed by atoms with Crippen LogP contribution < -0.4 is 5.32 Å². The van der Waals surface area contributed by atoms with Gasteiger partial charge in [-0.05, 0) is 12.8 Å². The highest BCUT2D eigenvalue weighted by Crippen LogP contribution is 2.31. The lowest BCUT2D eigenvalue weighted by Gasteiger charge is -2.38. The van der Waals surface area contributed by atoms with Crippen LogP contribution in [-0.2, 0) is 9.53 Å². The van der Waals surface area contributed by atoms with E-state index in [0.29, 0.717) is 13.2 Å². The van der Waals surface area contributed by atoms with E-state index < -0.39 is 0 Å². The van der Waals surface area contributed by atoms with Crippen molar-refractivity contribution in [2.45, 2.75) is 26.7 Å².